The van der Waals surface area contributed by atoms with Crippen molar-refractivity contribution in [1.82, 2.24) is 0 Å². The van der Waals surface area contributed by atoms with Gasteiger partial charge in [0.1, 0.15) is 0 Å². The van der Waals surface area contributed by atoms with E-state index >= 15 is 0 Å². The Morgan fingerprint density at radius 3 is 3.00 bits per heavy atom. The largest absolute Gasteiger partial charge is 0.466 e. The van der Waals surface area contributed by atoms with Crippen LogP contribution < -0.4 is 9.47 Å². The van der Waals surface area contributed by atoms with E-state index in [2.05, 4.69) is 6.07 Å². The minimum atomic E-state index is -0.529. The van der Waals surface area contributed by atoms with Crippen LogP contribution in [0.3, 0.4) is 0 Å². The number of benzene rings is 1. The van der Waals surface area contributed by atoms with Crippen LogP contribution in [0.2, 0.25) is 0 Å². The van der Waals surface area contributed by atoms with E-state index in [0.29, 0.717) is 18.1 Å². The highest BCUT2D eigenvalue weighted by molar-refractivity contribution is 5.71. The van der Waals surface area contributed by atoms with Gasteiger partial charge in [-0.25, -0.2) is 0 Å². The number of rotatable bonds is 4. The van der Waals surface area contributed by atoms with Gasteiger partial charge in [0.2, 0.25) is 6.79 Å². The number of hydrogen-bond donors (Lipinski definition) is 0. The molecule has 0 aromatic heterocycles. The molecule has 18 heavy (non-hydrogen) atoms. The molecule has 0 amide bonds. The standard InChI is InChI=1S/C13H13NO4/c1-2-16-13(15)6-10(7-14)9-3-4-11-12(5-9)18-8-17-11/h3-5,10H,2,6,8H2,1H3. The van der Waals surface area contributed by atoms with Crippen molar-refractivity contribution in [2.45, 2.75) is 19.3 Å². The van der Waals surface area contributed by atoms with Crippen LogP contribution in [0.1, 0.15) is 24.8 Å². The third-order valence-electron chi connectivity index (χ3n) is 2.63. The zero-order chi connectivity index (χ0) is 13.0. The van der Waals surface area contributed by atoms with Gasteiger partial charge in [-0.1, -0.05) is 6.07 Å². The molecule has 0 saturated carbocycles. The summed E-state index contributed by atoms with van der Waals surface area (Å²) in [5, 5.41) is 9.12. The molecule has 0 bridgehead atoms. The van der Waals surface area contributed by atoms with Crippen molar-refractivity contribution in [1.29, 1.82) is 5.26 Å². The summed E-state index contributed by atoms with van der Waals surface area (Å²) in [7, 11) is 0. The molecule has 94 valence electrons. The smallest absolute Gasteiger partial charge is 0.307 e. The lowest BCUT2D eigenvalue weighted by Gasteiger charge is -2.09. The lowest BCUT2D eigenvalue weighted by Crippen LogP contribution is -2.09. The average Bonchev–Trinajstić information content (AvgIpc) is 2.83. The molecule has 0 saturated heterocycles. The Morgan fingerprint density at radius 1 is 1.50 bits per heavy atom. The summed E-state index contributed by atoms with van der Waals surface area (Å²) in [5.74, 6) is 0.364. The van der Waals surface area contributed by atoms with Gasteiger partial charge in [-0.2, -0.15) is 5.26 Å². The monoisotopic (exact) mass is 247 g/mol. The van der Waals surface area contributed by atoms with Crippen LogP contribution in [0.4, 0.5) is 0 Å². The van der Waals surface area contributed by atoms with E-state index in [1.165, 1.54) is 0 Å². The number of fused-ring (bicyclic) bond motifs is 1. The third-order valence-corrected chi connectivity index (χ3v) is 2.63. The Labute approximate surface area is 105 Å². The molecule has 1 aromatic rings. The molecule has 5 nitrogen and oxygen atoms in total. The van der Waals surface area contributed by atoms with Crippen molar-refractivity contribution in [2.24, 2.45) is 0 Å². The maximum atomic E-state index is 11.4. The fraction of sp³-hybridized carbons (Fsp3) is 0.385. The number of hydrogen-bond acceptors (Lipinski definition) is 5. The van der Waals surface area contributed by atoms with Crippen LogP contribution in [0.25, 0.3) is 0 Å². The molecule has 0 fully saturated rings. The van der Waals surface area contributed by atoms with E-state index in [9.17, 15) is 4.79 Å². The van der Waals surface area contributed by atoms with Crippen molar-refractivity contribution in [2.75, 3.05) is 13.4 Å². The quantitative estimate of drug-likeness (QED) is 0.761. The topological polar surface area (TPSA) is 68.6 Å². The van der Waals surface area contributed by atoms with E-state index in [0.717, 1.165) is 5.56 Å². The van der Waals surface area contributed by atoms with Crippen LogP contribution >= 0.6 is 0 Å². The van der Waals surface area contributed by atoms with Crippen molar-refractivity contribution in [3.05, 3.63) is 23.8 Å². The summed E-state index contributed by atoms with van der Waals surface area (Å²) in [6.07, 6.45) is 0.0456. The van der Waals surface area contributed by atoms with Crippen molar-refractivity contribution < 1.29 is 19.0 Å². The van der Waals surface area contributed by atoms with Crippen molar-refractivity contribution >= 4 is 5.97 Å². The number of esters is 1. The number of carbonyl (C=O) groups excluding carboxylic acids is 1. The molecule has 0 spiro atoms. The minimum absolute atomic E-state index is 0.0456. The van der Waals surface area contributed by atoms with Crippen LogP contribution in [0, 0.1) is 11.3 Å². The molecule has 1 aliphatic rings. The molecule has 0 aliphatic carbocycles. The van der Waals surface area contributed by atoms with Gasteiger partial charge in [-0.3, -0.25) is 4.79 Å². The first-order chi connectivity index (χ1) is 8.74. The highest BCUT2D eigenvalue weighted by atomic mass is 16.7. The number of nitriles is 1. The van der Waals surface area contributed by atoms with E-state index in [-0.39, 0.29) is 19.2 Å². The highest BCUT2D eigenvalue weighted by Crippen LogP contribution is 2.35. The van der Waals surface area contributed by atoms with Gasteiger partial charge >= 0.3 is 5.97 Å². The molecule has 0 radical (unpaired) electrons. The van der Waals surface area contributed by atoms with Crippen molar-refractivity contribution in [3.63, 3.8) is 0 Å². The Bertz CT molecular complexity index is 492. The molecular formula is C13H13NO4. The first-order valence-corrected chi connectivity index (χ1v) is 5.69. The molecule has 1 heterocycles. The fourth-order valence-electron chi connectivity index (χ4n) is 1.75. The second kappa shape index (κ2) is 5.41. The predicted molar refractivity (Wildman–Crippen MR) is 62.2 cm³/mol. The van der Waals surface area contributed by atoms with Crippen molar-refractivity contribution in [3.8, 4) is 17.6 Å². The number of ether oxygens (including phenoxy) is 3. The molecule has 1 atom stereocenters. The lowest BCUT2D eigenvalue weighted by atomic mass is 9.97. The molecule has 1 aliphatic heterocycles. The summed E-state index contributed by atoms with van der Waals surface area (Å²) in [4.78, 5) is 11.4. The molecule has 0 N–H and O–H groups in total. The van der Waals surface area contributed by atoms with E-state index < -0.39 is 5.92 Å². The van der Waals surface area contributed by atoms with Gasteiger partial charge in [0.15, 0.2) is 11.5 Å². The van der Waals surface area contributed by atoms with E-state index in [4.69, 9.17) is 19.5 Å². The zero-order valence-corrected chi connectivity index (χ0v) is 10.0. The summed E-state index contributed by atoms with van der Waals surface area (Å²) in [6.45, 7) is 2.24. The van der Waals surface area contributed by atoms with Gasteiger partial charge in [-0.15, -0.1) is 0 Å². The zero-order valence-electron chi connectivity index (χ0n) is 10.0. The molecular weight excluding hydrogens is 234 g/mol. The van der Waals surface area contributed by atoms with Gasteiger partial charge in [-0.05, 0) is 24.6 Å². The molecule has 2 rings (SSSR count). The fourth-order valence-corrected chi connectivity index (χ4v) is 1.75. The molecule has 1 aromatic carbocycles. The summed E-state index contributed by atoms with van der Waals surface area (Å²) >= 11 is 0. The predicted octanol–water partition coefficient (Wildman–Crippen LogP) is 1.98. The number of carbonyl (C=O) groups is 1. The van der Waals surface area contributed by atoms with E-state index in [1.54, 1.807) is 25.1 Å². The summed E-state index contributed by atoms with van der Waals surface area (Å²) < 4.78 is 15.3. The van der Waals surface area contributed by atoms with Gasteiger partial charge in [0.25, 0.3) is 0 Å². The first kappa shape index (κ1) is 12.2. The Morgan fingerprint density at radius 2 is 2.28 bits per heavy atom. The summed E-state index contributed by atoms with van der Waals surface area (Å²) in [6, 6.07) is 7.34. The number of nitrogens with zero attached hydrogens (tertiary/aromatic N) is 1. The lowest BCUT2D eigenvalue weighted by molar-refractivity contribution is -0.143. The van der Waals surface area contributed by atoms with Crippen LogP contribution in [-0.4, -0.2) is 19.4 Å². The highest BCUT2D eigenvalue weighted by Gasteiger charge is 2.20. The third kappa shape index (κ3) is 2.54. The van der Waals surface area contributed by atoms with Gasteiger partial charge in [0, 0.05) is 0 Å². The van der Waals surface area contributed by atoms with Gasteiger partial charge < -0.3 is 14.2 Å². The first-order valence-electron chi connectivity index (χ1n) is 5.69. The molecule has 1 unspecified atom stereocenters. The Kier molecular flexibility index (Phi) is 3.68. The van der Waals surface area contributed by atoms with Crippen LogP contribution in [0.5, 0.6) is 11.5 Å². The minimum Gasteiger partial charge on any atom is -0.466 e. The maximum Gasteiger partial charge on any atom is 0.307 e. The second-order valence-corrected chi connectivity index (χ2v) is 3.80. The SMILES string of the molecule is CCOC(=O)CC(C#N)c1ccc2c(c1)OCO2. The average molecular weight is 247 g/mol. The van der Waals surface area contributed by atoms with Gasteiger partial charge in [0.05, 0.1) is 25.0 Å². The Balaban J connectivity index is 2.13. The van der Waals surface area contributed by atoms with Crippen LogP contribution in [0.15, 0.2) is 18.2 Å². The maximum absolute atomic E-state index is 11.4. The molecule has 5 heteroatoms. The van der Waals surface area contributed by atoms with E-state index in [1.807, 2.05) is 0 Å². The second-order valence-electron chi connectivity index (χ2n) is 3.80. The summed E-state index contributed by atoms with van der Waals surface area (Å²) in [5.41, 5.74) is 0.731. The Hall–Kier alpha value is -2.22. The van der Waals surface area contributed by atoms with Crippen LogP contribution in [-0.2, 0) is 9.53 Å². The normalized spacial score (nSPS) is 13.8.